The minimum absolute atomic E-state index is 0.154. The Kier molecular flexibility index (Phi) is 4.82. The van der Waals surface area contributed by atoms with Crippen LogP contribution in [-0.2, 0) is 4.79 Å². The molecular weight excluding hydrogens is 320 g/mol. The maximum absolute atomic E-state index is 12.1. The van der Waals surface area contributed by atoms with Gasteiger partial charge in [0.05, 0.1) is 10.6 Å². The van der Waals surface area contributed by atoms with E-state index in [2.05, 4.69) is 10.3 Å². The van der Waals surface area contributed by atoms with E-state index in [-0.39, 0.29) is 11.7 Å². The number of hydrogen-bond donors (Lipinski definition) is 2. The first-order valence-electron chi connectivity index (χ1n) is 7.42. The quantitative estimate of drug-likeness (QED) is 0.825. The van der Waals surface area contributed by atoms with E-state index in [4.69, 9.17) is 0 Å². The summed E-state index contributed by atoms with van der Waals surface area (Å²) in [5.74, 6) is 0.0302. The third-order valence-corrected chi connectivity index (χ3v) is 4.19. The molecule has 5 heteroatoms. The number of rotatable bonds is 3. The number of nitrogens with zero attached hydrogens (tertiary/aromatic N) is 1. The number of phenolic OH excluding ortho intramolecular Hbond substituents is 1. The summed E-state index contributed by atoms with van der Waals surface area (Å²) in [4.78, 5) is 17.0. The molecule has 4 nitrogen and oxygen atoms in total. The highest BCUT2D eigenvalue weighted by atomic mass is 32.2. The number of aliphatic imine (C=N–C) groups is 1. The van der Waals surface area contributed by atoms with Gasteiger partial charge in [0.15, 0.2) is 5.17 Å². The number of carbonyl (C=O) groups is 1. The average Bonchev–Trinajstić information content (AvgIpc) is 2.90. The molecule has 1 aliphatic heterocycles. The average molecular weight is 336 g/mol. The predicted octanol–water partition coefficient (Wildman–Crippen LogP) is 4.23. The van der Waals surface area contributed by atoms with E-state index in [1.807, 2.05) is 49.4 Å². The van der Waals surface area contributed by atoms with Crippen molar-refractivity contribution in [2.24, 2.45) is 4.99 Å². The van der Waals surface area contributed by atoms with E-state index in [1.165, 1.54) is 11.8 Å². The second-order valence-corrected chi connectivity index (χ2v) is 6.33. The van der Waals surface area contributed by atoms with Gasteiger partial charge in [-0.1, -0.05) is 36.4 Å². The molecule has 3 rings (SSSR count). The third kappa shape index (κ3) is 4.14. The molecule has 0 unspecified atom stereocenters. The van der Waals surface area contributed by atoms with Crippen LogP contribution in [0.5, 0.6) is 5.75 Å². The van der Waals surface area contributed by atoms with Crippen molar-refractivity contribution < 1.29 is 9.90 Å². The van der Waals surface area contributed by atoms with Crippen LogP contribution in [0.3, 0.4) is 0 Å². The lowest BCUT2D eigenvalue weighted by Gasteiger charge is -1.97. The monoisotopic (exact) mass is 336 g/mol. The maximum atomic E-state index is 12.1. The van der Waals surface area contributed by atoms with Gasteiger partial charge in [0.25, 0.3) is 5.91 Å². The van der Waals surface area contributed by atoms with E-state index < -0.39 is 0 Å². The smallest absolute Gasteiger partial charge is 0.264 e. The zero-order valence-electron chi connectivity index (χ0n) is 13.1. The predicted molar refractivity (Wildman–Crippen MR) is 99.1 cm³/mol. The molecule has 0 aromatic heterocycles. The molecule has 2 N–H and O–H groups in total. The highest BCUT2D eigenvalue weighted by Crippen LogP contribution is 2.28. The van der Waals surface area contributed by atoms with Crippen molar-refractivity contribution in [2.45, 2.75) is 6.92 Å². The number of carbonyl (C=O) groups excluding carboxylic acids is 1. The van der Waals surface area contributed by atoms with Gasteiger partial charge in [0.2, 0.25) is 0 Å². The Morgan fingerprint density at radius 2 is 1.83 bits per heavy atom. The standard InChI is InChI=1S/C19H16N2O2S/c1-13(11-14-5-3-2-4-6-14)12-17-18(23)21-19(24-17)20-15-7-9-16(22)10-8-15/h2-12,22H,1H3,(H,20,21,23). The van der Waals surface area contributed by atoms with Gasteiger partial charge in [-0.3, -0.25) is 4.79 Å². The molecule has 0 bridgehead atoms. The van der Waals surface area contributed by atoms with E-state index in [1.54, 1.807) is 24.3 Å². The summed E-state index contributed by atoms with van der Waals surface area (Å²) in [6.07, 6.45) is 3.88. The normalized spacial score (nSPS) is 18.2. The summed E-state index contributed by atoms with van der Waals surface area (Å²) < 4.78 is 0. The van der Waals surface area contributed by atoms with Crippen LogP contribution in [0.25, 0.3) is 6.08 Å². The van der Waals surface area contributed by atoms with E-state index in [0.29, 0.717) is 15.8 Å². The topological polar surface area (TPSA) is 61.7 Å². The molecule has 0 saturated carbocycles. The number of amides is 1. The van der Waals surface area contributed by atoms with Gasteiger partial charge in [-0.25, -0.2) is 4.99 Å². The molecule has 2 aromatic rings. The Hall–Kier alpha value is -2.79. The minimum atomic E-state index is -0.154. The van der Waals surface area contributed by atoms with Crippen LogP contribution in [0.4, 0.5) is 5.69 Å². The summed E-state index contributed by atoms with van der Waals surface area (Å²) in [6, 6.07) is 16.5. The Morgan fingerprint density at radius 1 is 1.12 bits per heavy atom. The van der Waals surface area contributed by atoms with Gasteiger partial charge >= 0.3 is 0 Å². The second kappa shape index (κ2) is 7.19. The maximum Gasteiger partial charge on any atom is 0.264 e. The van der Waals surface area contributed by atoms with Crippen LogP contribution in [0.1, 0.15) is 12.5 Å². The third-order valence-electron chi connectivity index (χ3n) is 3.28. The Balaban J connectivity index is 1.77. The number of phenols is 1. The van der Waals surface area contributed by atoms with Crippen LogP contribution in [0.2, 0.25) is 0 Å². The van der Waals surface area contributed by atoms with Crippen LogP contribution in [0, 0.1) is 0 Å². The minimum Gasteiger partial charge on any atom is -0.508 e. The van der Waals surface area contributed by atoms with Crippen molar-refractivity contribution in [3.8, 4) is 5.75 Å². The van der Waals surface area contributed by atoms with Gasteiger partial charge in [-0.15, -0.1) is 0 Å². The lowest BCUT2D eigenvalue weighted by molar-refractivity contribution is -0.115. The molecule has 1 aliphatic rings. The number of thioether (sulfide) groups is 1. The highest BCUT2D eigenvalue weighted by molar-refractivity contribution is 8.18. The molecule has 2 aromatic carbocycles. The fourth-order valence-corrected chi connectivity index (χ4v) is 3.08. The summed E-state index contributed by atoms with van der Waals surface area (Å²) in [7, 11) is 0. The van der Waals surface area contributed by atoms with Crippen molar-refractivity contribution in [1.29, 1.82) is 0 Å². The molecule has 1 saturated heterocycles. The van der Waals surface area contributed by atoms with E-state index >= 15 is 0 Å². The van der Waals surface area contributed by atoms with Crippen molar-refractivity contribution in [1.82, 2.24) is 5.32 Å². The number of hydrogen-bond acceptors (Lipinski definition) is 4. The summed E-state index contributed by atoms with van der Waals surface area (Å²) in [5, 5.41) is 12.6. The van der Waals surface area contributed by atoms with Gasteiger partial charge in [0.1, 0.15) is 5.75 Å². The fourth-order valence-electron chi connectivity index (χ4n) is 2.19. The Bertz CT molecular complexity index is 837. The Labute approximate surface area is 144 Å². The van der Waals surface area contributed by atoms with Crippen molar-refractivity contribution in [3.63, 3.8) is 0 Å². The van der Waals surface area contributed by atoms with Gasteiger partial charge < -0.3 is 10.4 Å². The molecule has 120 valence electrons. The lowest BCUT2D eigenvalue weighted by Crippen LogP contribution is -2.19. The molecule has 0 radical (unpaired) electrons. The number of aromatic hydroxyl groups is 1. The molecule has 0 spiro atoms. The van der Waals surface area contributed by atoms with Crippen molar-refractivity contribution in [3.05, 3.63) is 76.7 Å². The van der Waals surface area contributed by atoms with Gasteiger partial charge in [0, 0.05) is 0 Å². The first-order valence-corrected chi connectivity index (χ1v) is 8.24. The molecule has 24 heavy (non-hydrogen) atoms. The van der Waals surface area contributed by atoms with Crippen LogP contribution in [-0.4, -0.2) is 16.2 Å². The molecule has 1 heterocycles. The fraction of sp³-hybridized carbons (Fsp3) is 0.0526. The molecular formula is C19H16N2O2S. The number of benzene rings is 2. The SMILES string of the molecule is CC(=Cc1ccccc1)C=C1SC(=Nc2ccc(O)cc2)NC1=O. The van der Waals surface area contributed by atoms with Crippen LogP contribution in [0.15, 0.2) is 76.1 Å². The molecule has 1 amide bonds. The number of allylic oxidation sites excluding steroid dienone is 2. The highest BCUT2D eigenvalue weighted by Gasteiger charge is 2.23. The summed E-state index contributed by atoms with van der Waals surface area (Å²) >= 11 is 1.30. The van der Waals surface area contributed by atoms with Gasteiger partial charge in [-0.05, 0) is 60.2 Å². The second-order valence-electron chi connectivity index (χ2n) is 5.30. The van der Waals surface area contributed by atoms with Crippen LogP contribution < -0.4 is 5.32 Å². The van der Waals surface area contributed by atoms with Crippen molar-refractivity contribution >= 4 is 34.6 Å². The summed E-state index contributed by atoms with van der Waals surface area (Å²) in [6.45, 7) is 1.96. The largest absolute Gasteiger partial charge is 0.508 e. The van der Waals surface area contributed by atoms with Crippen molar-refractivity contribution in [2.75, 3.05) is 0 Å². The first kappa shape index (κ1) is 16.1. The van der Waals surface area contributed by atoms with E-state index in [0.717, 1.165) is 11.1 Å². The lowest BCUT2D eigenvalue weighted by atomic mass is 10.1. The first-order chi connectivity index (χ1) is 11.6. The molecule has 1 fully saturated rings. The molecule has 0 aliphatic carbocycles. The zero-order chi connectivity index (χ0) is 16.9. The van der Waals surface area contributed by atoms with Crippen LogP contribution >= 0.6 is 11.8 Å². The van der Waals surface area contributed by atoms with E-state index in [9.17, 15) is 9.90 Å². The Morgan fingerprint density at radius 3 is 2.54 bits per heavy atom. The number of nitrogens with one attached hydrogen (secondary N) is 1. The summed E-state index contributed by atoms with van der Waals surface area (Å²) in [5.41, 5.74) is 2.76. The number of amidine groups is 1. The van der Waals surface area contributed by atoms with Gasteiger partial charge in [-0.2, -0.15) is 0 Å². The molecule has 0 atom stereocenters. The zero-order valence-corrected chi connectivity index (χ0v) is 13.9.